The molecule has 1 saturated heterocycles. The second kappa shape index (κ2) is 6.67. The normalized spacial score (nSPS) is 28.0. The van der Waals surface area contributed by atoms with Gasteiger partial charge in [0, 0.05) is 12.8 Å². The van der Waals surface area contributed by atoms with Gasteiger partial charge in [0.1, 0.15) is 18.1 Å². The molecule has 0 radical (unpaired) electrons. The Balaban J connectivity index is 2.23. The summed E-state index contributed by atoms with van der Waals surface area (Å²) in [6.07, 6.45) is -2.72. The molecule has 8 heteroatoms. The Labute approximate surface area is 144 Å². The molecule has 25 heavy (non-hydrogen) atoms. The van der Waals surface area contributed by atoms with Gasteiger partial charge in [-0.2, -0.15) is 18.3 Å². The molecule has 2 heterocycles. The summed E-state index contributed by atoms with van der Waals surface area (Å²) in [6.45, 7) is 1.57. The minimum atomic E-state index is -4.38. The van der Waals surface area contributed by atoms with Crippen LogP contribution in [0.15, 0.2) is 36.7 Å². The lowest BCUT2D eigenvalue weighted by atomic mass is 9.80. The first-order valence-electron chi connectivity index (χ1n) is 8.18. The molecule has 3 rings (SSSR count). The molecule has 3 unspecified atom stereocenters. The van der Waals surface area contributed by atoms with E-state index in [2.05, 4.69) is 15.2 Å². The van der Waals surface area contributed by atoms with Gasteiger partial charge in [0.25, 0.3) is 0 Å². The summed E-state index contributed by atoms with van der Waals surface area (Å²) in [5.41, 5.74) is -0.808. The highest BCUT2D eigenvalue weighted by Crippen LogP contribution is 2.50. The van der Waals surface area contributed by atoms with Gasteiger partial charge in [0.15, 0.2) is 5.82 Å². The molecule has 1 fully saturated rings. The summed E-state index contributed by atoms with van der Waals surface area (Å²) < 4.78 is 47.6. The lowest BCUT2D eigenvalue weighted by Crippen LogP contribution is -2.57. The molecule has 136 valence electrons. The highest BCUT2D eigenvalue weighted by Gasteiger charge is 2.58. The van der Waals surface area contributed by atoms with Gasteiger partial charge >= 0.3 is 6.18 Å². The number of rotatable bonds is 3. The summed E-state index contributed by atoms with van der Waals surface area (Å²) >= 11 is 0. The van der Waals surface area contributed by atoms with Crippen LogP contribution in [0.25, 0.3) is 0 Å². The molecule has 1 aliphatic rings. The van der Waals surface area contributed by atoms with E-state index in [-0.39, 0.29) is 12.2 Å². The van der Waals surface area contributed by atoms with Crippen molar-refractivity contribution in [1.82, 2.24) is 15.2 Å². The number of para-hydroxylation sites is 1. The van der Waals surface area contributed by atoms with E-state index in [0.717, 1.165) is 0 Å². The van der Waals surface area contributed by atoms with Crippen LogP contribution < -0.4 is 4.90 Å². The predicted molar refractivity (Wildman–Crippen MR) is 86.8 cm³/mol. The molecule has 0 bridgehead atoms. The number of halogens is 3. The van der Waals surface area contributed by atoms with Crippen molar-refractivity contribution in [3.05, 3.63) is 42.5 Å². The van der Waals surface area contributed by atoms with Gasteiger partial charge in [-0.05, 0) is 38.3 Å². The number of ether oxygens (including phenoxy) is 1. The molecule has 3 atom stereocenters. The number of nitrogens with one attached hydrogen (secondary N) is 1. The van der Waals surface area contributed by atoms with E-state index >= 15 is 0 Å². The number of aromatic amines is 1. The van der Waals surface area contributed by atoms with E-state index in [1.54, 1.807) is 36.1 Å². The molecule has 0 saturated carbocycles. The van der Waals surface area contributed by atoms with Crippen molar-refractivity contribution in [2.75, 3.05) is 12.0 Å². The van der Waals surface area contributed by atoms with Gasteiger partial charge in [-0.25, -0.2) is 4.98 Å². The summed E-state index contributed by atoms with van der Waals surface area (Å²) in [5.74, 6) is -1.42. The van der Waals surface area contributed by atoms with Gasteiger partial charge in [0.2, 0.25) is 0 Å². The number of methoxy groups -OCH3 is 1. The summed E-state index contributed by atoms with van der Waals surface area (Å²) in [6, 6.07) is 9.02. The fraction of sp³-hybridized carbons (Fsp3) is 0.529. The number of alkyl halides is 3. The van der Waals surface area contributed by atoms with Crippen molar-refractivity contribution in [3.63, 3.8) is 0 Å². The van der Waals surface area contributed by atoms with Crippen molar-refractivity contribution in [2.24, 2.45) is 5.92 Å². The van der Waals surface area contributed by atoms with Crippen LogP contribution in [0.2, 0.25) is 0 Å². The highest BCUT2D eigenvalue weighted by atomic mass is 19.4. The van der Waals surface area contributed by atoms with Crippen LogP contribution in [0.5, 0.6) is 0 Å². The number of hydrogen-bond donors (Lipinski definition) is 1. The lowest BCUT2D eigenvalue weighted by molar-refractivity contribution is -0.195. The average molecular weight is 354 g/mol. The van der Waals surface area contributed by atoms with Crippen LogP contribution in [-0.4, -0.2) is 34.7 Å². The fourth-order valence-corrected chi connectivity index (χ4v) is 3.83. The topological polar surface area (TPSA) is 54.0 Å². The third-order valence-electron chi connectivity index (χ3n) is 5.01. The fourth-order valence-electron chi connectivity index (χ4n) is 3.83. The molecule has 2 aromatic rings. The molecule has 1 aromatic carbocycles. The molecule has 0 aliphatic carbocycles. The molecule has 1 aliphatic heterocycles. The Kier molecular flexibility index (Phi) is 4.73. The zero-order chi connectivity index (χ0) is 18.1. The average Bonchev–Trinajstić information content (AvgIpc) is 3.07. The van der Waals surface area contributed by atoms with Crippen LogP contribution in [0, 0.1) is 5.92 Å². The zero-order valence-electron chi connectivity index (χ0n) is 14.1. The van der Waals surface area contributed by atoms with E-state index in [4.69, 9.17) is 4.74 Å². The quantitative estimate of drug-likeness (QED) is 0.909. The van der Waals surface area contributed by atoms with Crippen LogP contribution in [0.4, 0.5) is 18.9 Å². The van der Waals surface area contributed by atoms with Gasteiger partial charge < -0.3 is 9.64 Å². The van der Waals surface area contributed by atoms with E-state index in [1.165, 1.54) is 13.4 Å². The largest absolute Gasteiger partial charge is 0.394 e. The number of anilines is 1. The van der Waals surface area contributed by atoms with Crippen LogP contribution in [-0.2, 0) is 10.3 Å². The van der Waals surface area contributed by atoms with Crippen molar-refractivity contribution < 1.29 is 17.9 Å². The number of benzene rings is 1. The third-order valence-corrected chi connectivity index (χ3v) is 5.01. The number of aromatic nitrogens is 3. The molecular formula is C17H21F3N4O. The molecule has 0 spiro atoms. The van der Waals surface area contributed by atoms with E-state index in [0.29, 0.717) is 18.5 Å². The molecule has 1 N–H and O–H groups in total. The summed E-state index contributed by atoms with van der Waals surface area (Å²) in [4.78, 5) is 5.79. The predicted octanol–water partition coefficient (Wildman–Crippen LogP) is 3.86. The first-order valence-corrected chi connectivity index (χ1v) is 8.18. The molecule has 0 amide bonds. The van der Waals surface area contributed by atoms with E-state index in [1.807, 2.05) is 6.07 Å². The zero-order valence-corrected chi connectivity index (χ0v) is 14.1. The Hall–Kier alpha value is -2.09. The second-order valence-electron chi connectivity index (χ2n) is 6.40. The minimum absolute atomic E-state index is 0.00386. The highest BCUT2D eigenvalue weighted by molar-refractivity contribution is 5.51. The van der Waals surface area contributed by atoms with E-state index in [9.17, 15) is 13.2 Å². The van der Waals surface area contributed by atoms with Crippen LogP contribution in [0.3, 0.4) is 0 Å². The monoisotopic (exact) mass is 354 g/mol. The standard InChI is InChI=1S/C17H21F3N4O/c1-16(15-21-11-22-23-15)13(17(18,19)20)9-6-10-14(25-2)24(16)12-7-4-3-5-8-12/h3-5,7-8,11,13-14H,6,9-10H2,1-2H3,(H,21,22,23). The van der Waals surface area contributed by atoms with Crippen LogP contribution in [0.1, 0.15) is 32.0 Å². The summed E-state index contributed by atoms with van der Waals surface area (Å²) in [5, 5.41) is 6.46. The second-order valence-corrected chi connectivity index (χ2v) is 6.40. The van der Waals surface area contributed by atoms with Gasteiger partial charge in [-0.3, -0.25) is 5.10 Å². The first kappa shape index (κ1) is 17.7. The third kappa shape index (κ3) is 3.10. The van der Waals surface area contributed by atoms with Crippen molar-refractivity contribution in [2.45, 2.75) is 44.1 Å². The van der Waals surface area contributed by atoms with Gasteiger partial charge in [-0.15, -0.1) is 0 Å². The van der Waals surface area contributed by atoms with Crippen molar-refractivity contribution >= 4 is 5.69 Å². The SMILES string of the molecule is COC1CCCC(C(F)(F)F)C(C)(c2ncn[nH]2)N1c1ccccc1. The van der Waals surface area contributed by atoms with Crippen LogP contribution >= 0.6 is 0 Å². The molecule has 1 aromatic heterocycles. The maximum Gasteiger partial charge on any atom is 0.394 e. The Morgan fingerprint density at radius 3 is 2.52 bits per heavy atom. The number of H-pyrrole nitrogens is 1. The number of nitrogens with zero attached hydrogens (tertiary/aromatic N) is 3. The molecule has 5 nitrogen and oxygen atoms in total. The Morgan fingerprint density at radius 1 is 1.24 bits per heavy atom. The summed E-state index contributed by atoms with van der Waals surface area (Å²) in [7, 11) is 1.52. The van der Waals surface area contributed by atoms with Gasteiger partial charge in [-0.1, -0.05) is 18.2 Å². The minimum Gasteiger partial charge on any atom is -0.362 e. The van der Waals surface area contributed by atoms with Crippen molar-refractivity contribution in [3.8, 4) is 0 Å². The van der Waals surface area contributed by atoms with E-state index < -0.39 is 23.9 Å². The van der Waals surface area contributed by atoms with Gasteiger partial charge in [0.05, 0.1) is 5.92 Å². The Bertz CT molecular complexity index is 677. The maximum atomic E-state index is 14.0. The van der Waals surface area contributed by atoms with Crippen molar-refractivity contribution in [1.29, 1.82) is 0 Å². The molecular weight excluding hydrogens is 333 g/mol. The Morgan fingerprint density at radius 2 is 1.96 bits per heavy atom. The maximum absolute atomic E-state index is 14.0. The smallest absolute Gasteiger partial charge is 0.362 e. The lowest BCUT2D eigenvalue weighted by Gasteiger charge is -2.47. The first-order chi connectivity index (χ1) is 11.9. The number of hydrogen-bond acceptors (Lipinski definition) is 4.